The van der Waals surface area contributed by atoms with Gasteiger partial charge in [-0.1, -0.05) is 15.9 Å². The molecule has 0 aliphatic rings. The fourth-order valence-corrected chi connectivity index (χ4v) is 3.20. The summed E-state index contributed by atoms with van der Waals surface area (Å²) in [7, 11) is -1.27. The van der Waals surface area contributed by atoms with Crippen LogP contribution in [-0.2, 0) is 20.3 Å². The summed E-state index contributed by atoms with van der Waals surface area (Å²) in [6.45, 7) is 9.10. The number of ether oxygens (including phenoxy) is 1. The van der Waals surface area contributed by atoms with Crippen LogP contribution in [0.2, 0.25) is 0 Å². The van der Waals surface area contributed by atoms with E-state index in [0.29, 0.717) is 4.90 Å². The minimum absolute atomic E-state index is 0. The highest BCUT2D eigenvalue weighted by atomic mass is 127. The smallest absolute Gasteiger partial charge is 0.307 e. The summed E-state index contributed by atoms with van der Waals surface area (Å²) >= 11 is 3.35. The summed E-state index contributed by atoms with van der Waals surface area (Å²) in [4.78, 5) is 12.6. The zero-order valence-corrected chi connectivity index (χ0v) is 17.7. The van der Waals surface area contributed by atoms with Gasteiger partial charge in [-0.05, 0) is 58.9 Å². The van der Waals surface area contributed by atoms with Crippen LogP contribution >= 0.6 is 39.9 Å². The summed E-state index contributed by atoms with van der Waals surface area (Å²) in [6.07, 6.45) is 0.118. The lowest BCUT2D eigenvalue weighted by Crippen LogP contribution is -2.33. The molecule has 1 unspecified atom stereocenters. The third-order valence-corrected chi connectivity index (χ3v) is 4.90. The average Bonchev–Trinajstić information content (AvgIpc) is 2.25. The standard InChI is InChI=1S/C15H21BrO3S.HI/c1-14(2,3)19-13(17)10-15(4,5)20(18)12-8-6-11(16)7-9-12;/h6-9H,10H2,1-5H3;1H. The Balaban J connectivity index is 0.00000400. The Hall–Kier alpha value is 0.0500. The molecule has 0 aromatic heterocycles. The van der Waals surface area contributed by atoms with Gasteiger partial charge in [0.15, 0.2) is 0 Å². The highest BCUT2D eigenvalue weighted by Crippen LogP contribution is 2.26. The lowest BCUT2D eigenvalue weighted by molar-refractivity contribution is -0.155. The minimum Gasteiger partial charge on any atom is -0.460 e. The van der Waals surface area contributed by atoms with Gasteiger partial charge < -0.3 is 4.74 Å². The van der Waals surface area contributed by atoms with E-state index < -0.39 is 21.1 Å². The molecule has 0 spiro atoms. The molecule has 0 aliphatic heterocycles. The lowest BCUT2D eigenvalue weighted by Gasteiger charge is -2.26. The van der Waals surface area contributed by atoms with Crippen molar-refractivity contribution in [3.63, 3.8) is 0 Å². The van der Waals surface area contributed by atoms with E-state index in [4.69, 9.17) is 4.74 Å². The van der Waals surface area contributed by atoms with Crippen molar-refractivity contribution in [2.75, 3.05) is 0 Å². The van der Waals surface area contributed by atoms with Crippen LogP contribution in [-0.4, -0.2) is 20.5 Å². The van der Waals surface area contributed by atoms with Crippen LogP contribution in [0.3, 0.4) is 0 Å². The quantitative estimate of drug-likeness (QED) is 0.456. The van der Waals surface area contributed by atoms with Crippen molar-refractivity contribution in [2.24, 2.45) is 0 Å². The molecule has 3 nitrogen and oxygen atoms in total. The van der Waals surface area contributed by atoms with Crippen LogP contribution in [0, 0.1) is 0 Å². The molecule has 0 saturated heterocycles. The molecular formula is C15H22BrIO3S. The third kappa shape index (κ3) is 7.23. The van der Waals surface area contributed by atoms with E-state index in [-0.39, 0.29) is 36.4 Å². The predicted molar refractivity (Wildman–Crippen MR) is 101 cm³/mol. The molecule has 0 bridgehead atoms. The van der Waals surface area contributed by atoms with Gasteiger partial charge in [-0.25, -0.2) is 0 Å². The van der Waals surface area contributed by atoms with Gasteiger partial charge in [0.1, 0.15) is 5.60 Å². The normalized spacial score (nSPS) is 13.2. The average molecular weight is 489 g/mol. The summed E-state index contributed by atoms with van der Waals surface area (Å²) in [6, 6.07) is 7.29. The topological polar surface area (TPSA) is 43.4 Å². The van der Waals surface area contributed by atoms with Crippen LogP contribution in [0.4, 0.5) is 0 Å². The summed E-state index contributed by atoms with van der Waals surface area (Å²) < 4.78 is 18.1. The first-order valence-electron chi connectivity index (χ1n) is 6.40. The number of hydrogen-bond acceptors (Lipinski definition) is 3. The largest absolute Gasteiger partial charge is 0.460 e. The van der Waals surface area contributed by atoms with Gasteiger partial charge in [0.2, 0.25) is 0 Å². The maximum atomic E-state index is 12.6. The van der Waals surface area contributed by atoms with Gasteiger partial charge in [-0.15, -0.1) is 24.0 Å². The Kier molecular flexibility index (Phi) is 8.08. The molecular weight excluding hydrogens is 467 g/mol. The molecule has 0 aliphatic carbocycles. The molecule has 1 aromatic rings. The van der Waals surface area contributed by atoms with Crippen molar-refractivity contribution < 1.29 is 13.7 Å². The first kappa shape index (κ1) is 21.0. The second kappa shape index (κ2) is 8.06. The molecule has 0 fully saturated rings. The first-order valence-corrected chi connectivity index (χ1v) is 8.35. The fraction of sp³-hybridized carbons (Fsp3) is 0.533. The highest BCUT2D eigenvalue weighted by Gasteiger charge is 2.32. The van der Waals surface area contributed by atoms with Gasteiger partial charge in [-0.3, -0.25) is 9.00 Å². The maximum absolute atomic E-state index is 12.6. The highest BCUT2D eigenvalue weighted by molar-refractivity contribution is 14.0. The van der Waals surface area contributed by atoms with Crippen molar-refractivity contribution in [2.45, 2.75) is 56.3 Å². The zero-order chi connectivity index (χ0) is 15.6. The van der Waals surface area contributed by atoms with E-state index >= 15 is 0 Å². The van der Waals surface area contributed by atoms with Gasteiger partial charge in [0.05, 0.1) is 22.0 Å². The van der Waals surface area contributed by atoms with Crippen LogP contribution < -0.4 is 0 Å². The lowest BCUT2D eigenvalue weighted by atomic mass is 10.1. The number of halogens is 2. The molecule has 0 N–H and O–H groups in total. The van der Waals surface area contributed by atoms with E-state index in [2.05, 4.69) is 15.9 Å². The van der Waals surface area contributed by atoms with Crippen LogP contribution in [0.25, 0.3) is 0 Å². The minimum atomic E-state index is -1.27. The molecule has 0 amide bonds. The molecule has 1 rings (SSSR count). The Morgan fingerprint density at radius 2 is 1.62 bits per heavy atom. The van der Waals surface area contributed by atoms with E-state index in [9.17, 15) is 9.00 Å². The van der Waals surface area contributed by atoms with E-state index in [0.717, 1.165) is 4.47 Å². The number of carbonyl (C=O) groups is 1. The van der Waals surface area contributed by atoms with Crippen molar-refractivity contribution in [3.8, 4) is 0 Å². The Labute approximate surface area is 154 Å². The Morgan fingerprint density at radius 3 is 2.05 bits per heavy atom. The molecule has 1 aromatic carbocycles. The van der Waals surface area contributed by atoms with Crippen molar-refractivity contribution in [1.29, 1.82) is 0 Å². The van der Waals surface area contributed by atoms with Crippen molar-refractivity contribution >= 4 is 56.7 Å². The SMILES string of the molecule is CC(C)(C)OC(=O)CC(C)(C)S(=O)c1ccc(Br)cc1.I. The molecule has 21 heavy (non-hydrogen) atoms. The summed E-state index contributed by atoms with van der Waals surface area (Å²) in [5.74, 6) is -0.326. The second-order valence-corrected chi connectivity index (χ2v) is 9.28. The van der Waals surface area contributed by atoms with Crippen LogP contribution in [0.5, 0.6) is 0 Å². The Morgan fingerprint density at radius 1 is 1.14 bits per heavy atom. The summed E-state index contributed by atoms with van der Waals surface area (Å²) in [5.41, 5.74) is -0.522. The van der Waals surface area contributed by atoms with Gasteiger partial charge in [0.25, 0.3) is 0 Å². The number of esters is 1. The molecule has 0 radical (unpaired) electrons. The van der Waals surface area contributed by atoms with Gasteiger partial charge in [0, 0.05) is 9.37 Å². The van der Waals surface area contributed by atoms with Crippen molar-refractivity contribution in [3.05, 3.63) is 28.7 Å². The number of carbonyl (C=O) groups excluding carboxylic acids is 1. The van der Waals surface area contributed by atoms with E-state index in [1.54, 1.807) is 12.1 Å². The van der Waals surface area contributed by atoms with E-state index in [1.807, 2.05) is 46.8 Å². The van der Waals surface area contributed by atoms with Crippen LogP contribution in [0.15, 0.2) is 33.6 Å². The number of benzene rings is 1. The summed E-state index contributed by atoms with van der Waals surface area (Å²) in [5, 5.41) is 0. The maximum Gasteiger partial charge on any atom is 0.307 e. The first-order chi connectivity index (χ1) is 9.01. The number of hydrogen-bond donors (Lipinski definition) is 0. The molecule has 1 atom stereocenters. The molecule has 0 saturated carbocycles. The zero-order valence-electron chi connectivity index (χ0n) is 12.9. The van der Waals surface area contributed by atoms with Gasteiger partial charge in [-0.2, -0.15) is 0 Å². The van der Waals surface area contributed by atoms with E-state index in [1.165, 1.54) is 0 Å². The van der Waals surface area contributed by atoms with Crippen molar-refractivity contribution in [1.82, 2.24) is 0 Å². The predicted octanol–water partition coefficient (Wildman–Crippen LogP) is 4.69. The second-order valence-electron chi connectivity index (χ2n) is 6.25. The molecule has 6 heteroatoms. The van der Waals surface area contributed by atoms with Crippen LogP contribution in [0.1, 0.15) is 41.0 Å². The molecule has 120 valence electrons. The monoisotopic (exact) mass is 488 g/mol. The fourth-order valence-electron chi connectivity index (χ4n) is 1.67. The molecule has 0 heterocycles. The number of rotatable bonds is 4. The Bertz CT molecular complexity index is 507. The third-order valence-electron chi connectivity index (χ3n) is 2.52. The van der Waals surface area contributed by atoms with Gasteiger partial charge >= 0.3 is 5.97 Å².